The number of benzene rings is 2. The summed E-state index contributed by atoms with van der Waals surface area (Å²) in [5.74, 6) is -0.342. The molecule has 26 heavy (non-hydrogen) atoms. The van der Waals surface area contributed by atoms with Crippen LogP contribution >= 0.6 is 11.6 Å². The lowest BCUT2D eigenvalue weighted by Gasteiger charge is -2.08. The molecule has 1 N–H and O–H groups in total. The van der Waals surface area contributed by atoms with Crippen molar-refractivity contribution in [3.05, 3.63) is 64.6 Å². The molecule has 0 aliphatic carbocycles. The summed E-state index contributed by atoms with van der Waals surface area (Å²) in [7, 11) is 0. The third-order valence-corrected chi connectivity index (χ3v) is 3.91. The van der Waals surface area contributed by atoms with Crippen LogP contribution in [0.3, 0.4) is 0 Å². The fourth-order valence-electron chi connectivity index (χ4n) is 2.28. The second-order valence-corrected chi connectivity index (χ2v) is 5.70. The molecular formula is C18H15ClFN3O3. The Bertz CT molecular complexity index is 912. The van der Waals surface area contributed by atoms with Gasteiger partial charge in [0.15, 0.2) is 5.69 Å². The lowest BCUT2D eigenvalue weighted by Crippen LogP contribution is -2.06. The van der Waals surface area contributed by atoms with Crippen LogP contribution in [0.25, 0.3) is 11.3 Å². The van der Waals surface area contributed by atoms with E-state index < -0.39 is 11.8 Å². The van der Waals surface area contributed by atoms with Crippen LogP contribution in [0.1, 0.15) is 23.0 Å². The molecule has 1 heterocycles. The molecule has 0 aliphatic heterocycles. The van der Waals surface area contributed by atoms with E-state index in [-0.39, 0.29) is 18.9 Å². The fourth-order valence-corrected chi connectivity index (χ4v) is 2.50. The molecule has 0 atom stereocenters. The molecule has 3 aromatic rings. The molecule has 0 bridgehead atoms. The van der Waals surface area contributed by atoms with Crippen molar-refractivity contribution in [1.82, 2.24) is 15.4 Å². The number of ether oxygens (including phenoxy) is 2. The van der Waals surface area contributed by atoms with Gasteiger partial charge in [-0.25, -0.2) is 9.18 Å². The molecule has 0 fully saturated rings. The maximum Gasteiger partial charge on any atom is 0.361 e. The molecule has 0 spiro atoms. The van der Waals surface area contributed by atoms with Crippen molar-refractivity contribution >= 4 is 17.6 Å². The Morgan fingerprint density at radius 3 is 2.65 bits per heavy atom. The van der Waals surface area contributed by atoms with Gasteiger partial charge in [0.1, 0.15) is 23.9 Å². The summed E-state index contributed by atoms with van der Waals surface area (Å²) in [6.45, 7) is 2.18. The number of nitrogens with zero attached hydrogens (tertiary/aromatic N) is 2. The summed E-state index contributed by atoms with van der Waals surface area (Å²) in [5.41, 5.74) is 1.89. The number of carbonyl (C=O) groups excluding carboxylic acids is 1. The van der Waals surface area contributed by atoms with Crippen molar-refractivity contribution in [3.63, 3.8) is 0 Å². The Hall–Kier alpha value is -2.93. The maximum absolute atomic E-state index is 13.1. The number of aromatic amines is 1. The second-order valence-electron chi connectivity index (χ2n) is 5.29. The van der Waals surface area contributed by atoms with Gasteiger partial charge in [-0.2, -0.15) is 10.3 Å². The van der Waals surface area contributed by atoms with Gasteiger partial charge in [0.25, 0.3) is 0 Å². The van der Waals surface area contributed by atoms with Crippen LogP contribution in [0, 0.1) is 5.82 Å². The molecule has 0 unspecified atom stereocenters. The summed E-state index contributed by atoms with van der Waals surface area (Å²) in [6.07, 6.45) is 0. The predicted molar refractivity (Wildman–Crippen MR) is 93.5 cm³/mol. The van der Waals surface area contributed by atoms with E-state index in [0.29, 0.717) is 27.6 Å². The maximum atomic E-state index is 13.1. The third kappa shape index (κ3) is 4.00. The van der Waals surface area contributed by atoms with Crippen LogP contribution in [0.15, 0.2) is 42.5 Å². The largest absolute Gasteiger partial charge is 0.489 e. The van der Waals surface area contributed by atoms with E-state index in [1.807, 2.05) is 0 Å². The first-order valence-electron chi connectivity index (χ1n) is 7.83. The first-order chi connectivity index (χ1) is 12.6. The van der Waals surface area contributed by atoms with E-state index in [4.69, 9.17) is 21.1 Å². The van der Waals surface area contributed by atoms with E-state index in [1.165, 1.54) is 12.1 Å². The average Bonchev–Trinajstić information content (AvgIpc) is 3.11. The van der Waals surface area contributed by atoms with Crippen LogP contribution in [-0.4, -0.2) is 28.0 Å². The first kappa shape index (κ1) is 17.9. The van der Waals surface area contributed by atoms with Crippen LogP contribution in [-0.2, 0) is 11.3 Å². The zero-order valence-electron chi connectivity index (χ0n) is 13.8. The second kappa shape index (κ2) is 7.97. The smallest absolute Gasteiger partial charge is 0.361 e. The highest BCUT2D eigenvalue weighted by atomic mass is 35.5. The minimum absolute atomic E-state index is 0.124. The minimum Gasteiger partial charge on any atom is -0.489 e. The summed E-state index contributed by atoms with van der Waals surface area (Å²) in [6, 6.07) is 11.1. The standard InChI is InChI=1S/C18H15ClFN3O3/c1-2-25-18(24)17-16(21-23-22-17)11-4-7-14(8-5-11)26-10-12-3-6-13(20)9-15(12)19/h3-9H,2,10H2,1H3,(H,21,22,23). The lowest BCUT2D eigenvalue weighted by atomic mass is 10.1. The molecule has 0 saturated carbocycles. The quantitative estimate of drug-likeness (QED) is 0.658. The normalized spacial score (nSPS) is 10.6. The summed E-state index contributed by atoms with van der Waals surface area (Å²) in [4.78, 5) is 11.9. The average molecular weight is 376 g/mol. The zero-order chi connectivity index (χ0) is 18.5. The fraction of sp³-hybridized carbons (Fsp3) is 0.167. The monoisotopic (exact) mass is 375 g/mol. The van der Waals surface area contributed by atoms with Gasteiger partial charge in [-0.05, 0) is 43.3 Å². The molecule has 0 radical (unpaired) electrons. The molecule has 0 amide bonds. The molecule has 0 aliphatic rings. The lowest BCUT2D eigenvalue weighted by molar-refractivity contribution is 0.0520. The molecule has 0 saturated heterocycles. The summed E-state index contributed by atoms with van der Waals surface area (Å²) >= 11 is 5.98. The predicted octanol–water partition coefficient (Wildman–Crippen LogP) is 4.02. The van der Waals surface area contributed by atoms with E-state index in [2.05, 4.69) is 15.4 Å². The van der Waals surface area contributed by atoms with Crippen molar-refractivity contribution < 1.29 is 18.7 Å². The highest BCUT2D eigenvalue weighted by Gasteiger charge is 2.18. The van der Waals surface area contributed by atoms with Crippen molar-refractivity contribution in [2.45, 2.75) is 13.5 Å². The Labute approximate surface area is 153 Å². The number of hydrogen-bond donors (Lipinski definition) is 1. The van der Waals surface area contributed by atoms with Gasteiger partial charge >= 0.3 is 5.97 Å². The summed E-state index contributed by atoms with van der Waals surface area (Å²) in [5, 5.41) is 10.6. The summed E-state index contributed by atoms with van der Waals surface area (Å²) < 4.78 is 23.7. The van der Waals surface area contributed by atoms with E-state index in [0.717, 1.165) is 0 Å². The number of nitrogens with one attached hydrogen (secondary N) is 1. The Balaban J connectivity index is 1.71. The van der Waals surface area contributed by atoms with Crippen LogP contribution < -0.4 is 4.74 Å². The zero-order valence-corrected chi connectivity index (χ0v) is 14.6. The van der Waals surface area contributed by atoms with Gasteiger partial charge in [0, 0.05) is 11.1 Å². The Morgan fingerprint density at radius 2 is 1.96 bits per heavy atom. The van der Waals surface area contributed by atoms with Crippen molar-refractivity contribution in [1.29, 1.82) is 0 Å². The number of esters is 1. The van der Waals surface area contributed by atoms with Crippen LogP contribution in [0.4, 0.5) is 4.39 Å². The number of halogens is 2. The molecule has 1 aromatic heterocycles. The Kier molecular flexibility index (Phi) is 5.48. The molecule has 8 heteroatoms. The highest BCUT2D eigenvalue weighted by Crippen LogP contribution is 2.24. The van der Waals surface area contributed by atoms with Crippen molar-refractivity contribution in [2.24, 2.45) is 0 Å². The van der Waals surface area contributed by atoms with Gasteiger partial charge in [0.2, 0.25) is 0 Å². The van der Waals surface area contributed by atoms with Gasteiger partial charge < -0.3 is 9.47 Å². The molecule has 3 rings (SSSR count). The van der Waals surface area contributed by atoms with Crippen LogP contribution in [0.5, 0.6) is 5.75 Å². The number of rotatable bonds is 6. The molecule has 134 valence electrons. The Morgan fingerprint density at radius 1 is 1.19 bits per heavy atom. The minimum atomic E-state index is -0.539. The van der Waals surface area contributed by atoms with E-state index >= 15 is 0 Å². The van der Waals surface area contributed by atoms with Crippen molar-refractivity contribution in [2.75, 3.05) is 6.61 Å². The number of hydrogen-bond acceptors (Lipinski definition) is 5. The van der Waals surface area contributed by atoms with Crippen LogP contribution in [0.2, 0.25) is 5.02 Å². The molecular weight excluding hydrogens is 361 g/mol. The highest BCUT2D eigenvalue weighted by molar-refractivity contribution is 6.31. The topological polar surface area (TPSA) is 77.1 Å². The van der Waals surface area contributed by atoms with Gasteiger partial charge in [-0.1, -0.05) is 17.7 Å². The number of carbonyl (C=O) groups is 1. The number of aromatic nitrogens is 3. The van der Waals surface area contributed by atoms with Gasteiger partial charge in [-0.15, -0.1) is 5.10 Å². The third-order valence-electron chi connectivity index (χ3n) is 3.55. The molecule has 6 nitrogen and oxygen atoms in total. The SMILES string of the molecule is CCOC(=O)c1n[nH]nc1-c1ccc(OCc2ccc(F)cc2Cl)cc1. The van der Waals surface area contributed by atoms with Gasteiger partial charge in [-0.3, -0.25) is 0 Å². The van der Waals surface area contributed by atoms with E-state index in [9.17, 15) is 9.18 Å². The van der Waals surface area contributed by atoms with Crippen molar-refractivity contribution in [3.8, 4) is 17.0 Å². The molecule has 2 aromatic carbocycles. The first-order valence-corrected chi connectivity index (χ1v) is 8.21. The van der Waals surface area contributed by atoms with Gasteiger partial charge in [0.05, 0.1) is 11.6 Å². The number of H-pyrrole nitrogens is 1. The van der Waals surface area contributed by atoms with E-state index in [1.54, 1.807) is 37.3 Å².